The van der Waals surface area contributed by atoms with Gasteiger partial charge in [0.15, 0.2) is 5.82 Å². The van der Waals surface area contributed by atoms with Gasteiger partial charge in [-0.2, -0.15) is 10.1 Å². The summed E-state index contributed by atoms with van der Waals surface area (Å²) in [6, 6.07) is 5.27. The standard InChI is InChI=1S/C17H21ClN6O3/c1-3-27-17(25)24-8-6-23(7-9-24)16-21-15(11-19-22-16)20-13-10-12(18)4-5-14(13)26-2/h4-5,10-11H,3,6-9H2,1-2H3,(H,20,21,22). The molecule has 10 heteroatoms. The molecule has 9 nitrogen and oxygen atoms in total. The van der Waals surface area contributed by atoms with Gasteiger partial charge in [0, 0.05) is 31.2 Å². The highest BCUT2D eigenvalue weighted by Gasteiger charge is 2.23. The van der Waals surface area contributed by atoms with Crippen molar-refractivity contribution < 1.29 is 14.3 Å². The molecule has 0 spiro atoms. The second-order valence-electron chi connectivity index (χ2n) is 5.78. The molecule has 27 heavy (non-hydrogen) atoms. The number of aromatic nitrogens is 3. The summed E-state index contributed by atoms with van der Waals surface area (Å²) in [5, 5.41) is 11.9. The molecule has 2 aromatic rings. The number of hydrogen-bond donors (Lipinski definition) is 1. The van der Waals surface area contributed by atoms with Crippen molar-refractivity contribution >= 4 is 35.1 Å². The minimum Gasteiger partial charge on any atom is -0.495 e. The Balaban J connectivity index is 1.68. The summed E-state index contributed by atoms with van der Waals surface area (Å²) in [7, 11) is 1.58. The summed E-state index contributed by atoms with van der Waals surface area (Å²) in [4.78, 5) is 20.0. The van der Waals surface area contributed by atoms with E-state index in [4.69, 9.17) is 21.1 Å². The van der Waals surface area contributed by atoms with Crippen LogP contribution < -0.4 is 15.0 Å². The predicted octanol–water partition coefficient (Wildman–Crippen LogP) is 2.56. The average molecular weight is 393 g/mol. The van der Waals surface area contributed by atoms with Crippen molar-refractivity contribution in [2.24, 2.45) is 0 Å². The molecule has 144 valence electrons. The molecule has 1 saturated heterocycles. The molecule has 0 unspecified atom stereocenters. The first-order valence-corrected chi connectivity index (χ1v) is 8.95. The zero-order valence-corrected chi connectivity index (χ0v) is 15.9. The summed E-state index contributed by atoms with van der Waals surface area (Å²) in [5.74, 6) is 1.65. The normalized spacial score (nSPS) is 14.0. The number of benzene rings is 1. The largest absolute Gasteiger partial charge is 0.495 e. The van der Waals surface area contributed by atoms with Gasteiger partial charge in [0.1, 0.15) is 5.75 Å². The van der Waals surface area contributed by atoms with Crippen molar-refractivity contribution in [2.45, 2.75) is 6.92 Å². The van der Waals surface area contributed by atoms with Crippen molar-refractivity contribution in [1.29, 1.82) is 0 Å². The monoisotopic (exact) mass is 392 g/mol. The fraction of sp³-hybridized carbons (Fsp3) is 0.412. The molecule has 1 N–H and O–H groups in total. The average Bonchev–Trinajstić information content (AvgIpc) is 2.69. The SMILES string of the molecule is CCOC(=O)N1CCN(c2nncc(Nc3cc(Cl)ccc3OC)n2)CC1. The van der Waals surface area contributed by atoms with Crippen molar-refractivity contribution in [3.8, 4) is 5.75 Å². The summed E-state index contributed by atoms with van der Waals surface area (Å²) in [6.07, 6.45) is 1.23. The lowest BCUT2D eigenvalue weighted by atomic mass is 10.3. The van der Waals surface area contributed by atoms with Gasteiger partial charge in [-0.15, -0.1) is 5.10 Å². The Kier molecular flexibility index (Phi) is 6.12. The smallest absolute Gasteiger partial charge is 0.409 e. The van der Waals surface area contributed by atoms with Crippen molar-refractivity contribution in [3.05, 3.63) is 29.4 Å². The highest BCUT2D eigenvalue weighted by Crippen LogP contribution is 2.30. The van der Waals surface area contributed by atoms with Gasteiger partial charge in [0.05, 0.1) is 25.6 Å². The Bertz CT molecular complexity index is 798. The number of methoxy groups -OCH3 is 1. The number of rotatable bonds is 5. The van der Waals surface area contributed by atoms with E-state index in [1.54, 1.807) is 37.1 Å². The molecule has 1 aromatic carbocycles. The Labute approximate surface area is 162 Å². The van der Waals surface area contributed by atoms with Crippen molar-refractivity contribution in [3.63, 3.8) is 0 Å². The van der Waals surface area contributed by atoms with E-state index in [9.17, 15) is 4.79 Å². The van der Waals surface area contributed by atoms with E-state index >= 15 is 0 Å². The third-order valence-corrected chi connectivity index (χ3v) is 4.30. The van der Waals surface area contributed by atoms with E-state index in [0.29, 0.717) is 61.0 Å². The molecule has 3 rings (SSSR count). The molecule has 0 atom stereocenters. The topological polar surface area (TPSA) is 92.7 Å². The number of nitrogens with zero attached hydrogens (tertiary/aromatic N) is 5. The molecule has 0 aliphatic carbocycles. The van der Waals surface area contributed by atoms with Crippen LogP contribution in [0.2, 0.25) is 5.02 Å². The van der Waals surface area contributed by atoms with E-state index in [1.165, 1.54) is 6.20 Å². The molecule has 2 heterocycles. The first-order chi connectivity index (χ1) is 13.1. The highest BCUT2D eigenvalue weighted by molar-refractivity contribution is 6.31. The van der Waals surface area contributed by atoms with Gasteiger partial charge in [-0.1, -0.05) is 11.6 Å². The Morgan fingerprint density at radius 3 is 2.78 bits per heavy atom. The van der Waals surface area contributed by atoms with Gasteiger partial charge in [-0.3, -0.25) is 0 Å². The number of hydrogen-bond acceptors (Lipinski definition) is 8. The maximum Gasteiger partial charge on any atom is 0.409 e. The Morgan fingerprint density at radius 2 is 2.07 bits per heavy atom. The van der Waals surface area contributed by atoms with Crippen LogP contribution in [0.5, 0.6) is 5.75 Å². The number of halogens is 1. The van der Waals surface area contributed by atoms with E-state index < -0.39 is 0 Å². The zero-order valence-electron chi connectivity index (χ0n) is 15.2. The number of anilines is 3. The predicted molar refractivity (Wildman–Crippen MR) is 102 cm³/mol. The van der Waals surface area contributed by atoms with Gasteiger partial charge < -0.3 is 24.6 Å². The molecule has 1 aliphatic heterocycles. The second-order valence-corrected chi connectivity index (χ2v) is 6.22. The lowest BCUT2D eigenvalue weighted by Gasteiger charge is -2.33. The number of amides is 1. The number of ether oxygens (including phenoxy) is 2. The van der Waals surface area contributed by atoms with E-state index in [-0.39, 0.29) is 6.09 Å². The van der Waals surface area contributed by atoms with Crippen LogP contribution in [0, 0.1) is 0 Å². The van der Waals surface area contributed by atoms with Gasteiger partial charge in [-0.25, -0.2) is 4.79 Å². The second kappa shape index (κ2) is 8.72. The van der Waals surface area contributed by atoms with Crippen LogP contribution in [0.3, 0.4) is 0 Å². The molecule has 0 radical (unpaired) electrons. The van der Waals surface area contributed by atoms with Crippen LogP contribution in [-0.2, 0) is 4.74 Å². The summed E-state index contributed by atoms with van der Waals surface area (Å²) in [6.45, 7) is 4.45. The number of nitrogens with one attached hydrogen (secondary N) is 1. The van der Waals surface area contributed by atoms with Crippen LogP contribution in [0.15, 0.2) is 24.4 Å². The van der Waals surface area contributed by atoms with Crippen molar-refractivity contribution in [1.82, 2.24) is 20.1 Å². The third kappa shape index (κ3) is 4.68. The van der Waals surface area contributed by atoms with E-state index in [2.05, 4.69) is 20.5 Å². The fourth-order valence-corrected chi connectivity index (χ4v) is 2.88. The van der Waals surface area contributed by atoms with Crippen LogP contribution in [-0.4, -0.2) is 66.1 Å². The molecule has 1 aliphatic rings. The third-order valence-electron chi connectivity index (χ3n) is 4.06. The highest BCUT2D eigenvalue weighted by atomic mass is 35.5. The molecule has 1 aromatic heterocycles. The van der Waals surface area contributed by atoms with Crippen LogP contribution >= 0.6 is 11.6 Å². The first kappa shape index (κ1) is 19.0. The minimum absolute atomic E-state index is 0.292. The van der Waals surface area contributed by atoms with Crippen LogP contribution in [0.1, 0.15) is 6.92 Å². The Hall–Kier alpha value is -2.81. The maximum absolute atomic E-state index is 11.8. The molecular formula is C17H21ClN6O3. The van der Waals surface area contributed by atoms with Gasteiger partial charge in [0.2, 0.25) is 5.95 Å². The summed E-state index contributed by atoms with van der Waals surface area (Å²) < 4.78 is 10.4. The molecule has 0 bridgehead atoms. The van der Waals surface area contributed by atoms with Crippen molar-refractivity contribution in [2.75, 3.05) is 50.1 Å². The summed E-state index contributed by atoms with van der Waals surface area (Å²) >= 11 is 6.06. The number of carbonyl (C=O) groups is 1. The first-order valence-electron chi connectivity index (χ1n) is 8.57. The minimum atomic E-state index is -0.292. The molecule has 1 fully saturated rings. The van der Waals surface area contributed by atoms with E-state index in [0.717, 1.165) is 0 Å². The van der Waals surface area contributed by atoms with Gasteiger partial charge in [-0.05, 0) is 25.1 Å². The quantitative estimate of drug-likeness (QED) is 0.829. The zero-order chi connectivity index (χ0) is 19.2. The molecule has 1 amide bonds. The van der Waals surface area contributed by atoms with E-state index in [1.807, 2.05) is 4.90 Å². The number of piperazine rings is 1. The van der Waals surface area contributed by atoms with Gasteiger partial charge in [0.25, 0.3) is 0 Å². The molecular weight excluding hydrogens is 372 g/mol. The number of carbonyl (C=O) groups excluding carboxylic acids is 1. The Morgan fingerprint density at radius 1 is 1.30 bits per heavy atom. The summed E-state index contributed by atoms with van der Waals surface area (Å²) in [5.41, 5.74) is 0.684. The molecule has 0 saturated carbocycles. The lowest BCUT2D eigenvalue weighted by molar-refractivity contribution is 0.105. The fourth-order valence-electron chi connectivity index (χ4n) is 2.71. The van der Waals surface area contributed by atoms with Gasteiger partial charge >= 0.3 is 6.09 Å². The van der Waals surface area contributed by atoms with Crippen LogP contribution in [0.25, 0.3) is 0 Å². The maximum atomic E-state index is 11.8. The lowest BCUT2D eigenvalue weighted by Crippen LogP contribution is -2.49. The van der Waals surface area contributed by atoms with Crippen LogP contribution in [0.4, 0.5) is 22.2 Å².